The van der Waals surface area contributed by atoms with Crippen molar-refractivity contribution in [2.45, 2.75) is 45.9 Å². The lowest BCUT2D eigenvalue weighted by atomic mass is 9.77. The largest absolute Gasteiger partial charge is 0.370 e. The van der Waals surface area contributed by atoms with Crippen molar-refractivity contribution in [2.75, 3.05) is 18.0 Å². The summed E-state index contributed by atoms with van der Waals surface area (Å²) in [6, 6.07) is 6.04. The fraction of sp³-hybridized carbons (Fsp3) is 0.647. The van der Waals surface area contributed by atoms with Crippen molar-refractivity contribution in [2.24, 2.45) is 11.3 Å². The second-order valence-electron chi connectivity index (χ2n) is 6.86. The molecule has 1 aromatic carbocycles. The van der Waals surface area contributed by atoms with Gasteiger partial charge in [-0.15, -0.1) is 11.6 Å². The second kappa shape index (κ2) is 6.58. The predicted molar refractivity (Wildman–Crippen MR) is 90.0 cm³/mol. The van der Waals surface area contributed by atoms with Crippen LogP contribution < -0.4 is 4.90 Å². The molecule has 0 bridgehead atoms. The quantitative estimate of drug-likeness (QED) is 0.630. The third-order valence-corrected chi connectivity index (χ3v) is 5.08. The van der Waals surface area contributed by atoms with Crippen LogP contribution in [0.2, 0.25) is 5.02 Å². The Morgan fingerprint density at radius 2 is 1.95 bits per heavy atom. The first-order chi connectivity index (χ1) is 9.43. The molecular formula is C17H25Cl2N. The van der Waals surface area contributed by atoms with Crippen LogP contribution >= 0.6 is 23.2 Å². The minimum absolute atomic E-state index is 0.395. The van der Waals surface area contributed by atoms with E-state index in [1.165, 1.54) is 19.3 Å². The van der Waals surface area contributed by atoms with Gasteiger partial charge in [-0.05, 0) is 42.2 Å². The molecule has 1 nitrogen and oxygen atoms in total. The molecule has 0 amide bonds. The first-order valence-corrected chi connectivity index (χ1v) is 8.43. The van der Waals surface area contributed by atoms with Crippen LogP contribution in [0.15, 0.2) is 18.2 Å². The van der Waals surface area contributed by atoms with Gasteiger partial charge in [-0.25, -0.2) is 0 Å². The van der Waals surface area contributed by atoms with Crippen LogP contribution in [-0.2, 0) is 5.88 Å². The molecule has 0 saturated carbocycles. The van der Waals surface area contributed by atoms with Gasteiger partial charge in [-0.1, -0.05) is 44.5 Å². The maximum atomic E-state index is 6.42. The van der Waals surface area contributed by atoms with Crippen molar-refractivity contribution < 1.29 is 0 Å². The summed E-state index contributed by atoms with van der Waals surface area (Å²) in [5, 5.41) is 0.831. The summed E-state index contributed by atoms with van der Waals surface area (Å²) in [4.78, 5) is 2.44. The van der Waals surface area contributed by atoms with Gasteiger partial charge in [0, 0.05) is 19.0 Å². The Morgan fingerprint density at radius 1 is 1.20 bits per heavy atom. The highest BCUT2D eigenvalue weighted by Crippen LogP contribution is 2.37. The summed E-state index contributed by atoms with van der Waals surface area (Å²) in [6.07, 6.45) is 3.77. The molecule has 1 aliphatic rings. The number of para-hydroxylation sites is 1. The van der Waals surface area contributed by atoms with Gasteiger partial charge >= 0.3 is 0 Å². The Labute approximate surface area is 133 Å². The maximum absolute atomic E-state index is 6.42. The zero-order chi connectivity index (χ0) is 14.8. The standard InChI is InChI=1S/C17H25Cl2N/c1-17(2,3)14-7-5-10-20(11-9-14)16-13(12-18)6-4-8-15(16)19/h4,6,8,14H,5,7,9-12H2,1-3H3. The van der Waals surface area contributed by atoms with Gasteiger partial charge < -0.3 is 4.90 Å². The van der Waals surface area contributed by atoms with E-state index in [0.717, 1.165) is 35.3 Å². The molecule has 0 aliphatic carbocycles. The molecule has 0 aromatic heterocycles. The van der Waals surface area contributed by atoms with E-state index < -0.39 is 0 Å². The fourth-order valence-electron chi connectivity index (χ4n) is 3.21. The van der Waals surface area contributed by atoms with Crippen molar-refractivity contribution in [3.8, 4) is 0 Å². The Kier molecular flexibility index (Phi) is 5.25. The highest BCUT2D eigenvalue weighted by molar-refractivity contribution is 6.33. The minimum Gasteiger partial charge on any atom is -0.370 e. The van der Waals surface area contributed by atoms with Crippen LogP contribution in [-0.4, -0.2) is 13.1 Å². The molecule has 1 fully saturated rings. The lowest BCUT2D eigenvalue weighted by molar-refractivity contribution is 0.220. The third-order valence-electron chi connectivity index (χ3n) is 4.48. The fourth-order valence-corrected chi connectivity index (χ4v) is 3.74. The molecule has 1 saturated heterocycles. The summed E-state index contributed by atoms with van der Waals surface area (Å²) in [5.74, 6) is 1.31. The van der Waals surface area contributed by atoms with E-state index >= 15 is 0 Å². The molecule has 0 N–H and O–H groups in total. The molecule has 1 aromatic rings. The molecule has 20 heavy (non-hydrogen) atoms. The number of halogens is 2. The van der Waals surface area contributed by atoms with Gasteiger partial charge in [0.05, 0.1) is 10.7 Å². The smallest absolute Gasteiger partial charge is 0.0642 e. The van der Waals surface area contributed by atoms with Crippen molar-refractivity contribution in [1.82, 2.24) is 0 Å². The van der Waals surface area contributed by atoms with E-state index in [2.05, 4.69) is 31.7 Å². The monoisotopic (exact) mass is 313 g/mol. The highest BCUT2D eigenvalue weighted by atomic mass is 35.5. The number of anilines is 1. The molecule has 112 valence electrons. The van der Waals surface area contributed by atoms with E-state index in [4.69, 9.17) is 23.2 Å². The number of nitrogens with zero attached hydrogens (tertiary/aromatic N) is 1. The summed E-state index contributed by atoms with van der Waals surface area (Å²) < 4.78 is 0. The molecule has 0 radical (unpaired) electrons. The van der Waals surface area contributed by atoms with Crippen molar-refractivity contribution >= 4 is 28.9 Å². The maximum Gasteiger partial charge on any atom is 0.0642 e. The van der Waals surface area contributed by atoms with Gasteiger partial charge in [0.1, 0.15) is 0 Å². The van der Waals surface area contributed by atoms with E-state index in [1.807, 2.05) is 12.1 Å². The van der Waals surface area contributed by atoms with Crippen molar-refractivity contribution in [3.63, 3.8) is 0 Å². The molecule has 1 atom stereocenters. The summed E-state index contributed by atoms with van der Waals surface area (Å²) in [6.45, 7) is 9.23. The number of benzene rings is 1. The summed E-state index contributed by atoms with van der Waals surface area (Å²) in [5.41, 5.74) is 2.69. The van der Waals surface area contributed by atoms with Crippen LogP contribution in [0.3, 0.4) is 0 Å². The lowest BCUT2D eigenvalue weighted by Crippen LogP contribution is -2.27. The van der Waals surface area contributed by atoms with E-state index in [-0.39, 0.29) is 0 Å². The molecule has 1 aliphatic heterocycles. The highest BCUT2D eigenvalue weighted by Gasteiger charge is 2.28. The van der Waals surface area contributed by atoms with Gasteiger partial charge in [-0.2, -0.15) is 0 Å². The summed E-state index contributed by atoms with van der Waals surface area (Å²) in [7, 11) is 0. The minimum atomic E-state index is 0.395. The van der Waals surface area contributed by atoms with E-state index in [1.54, 1.807) is 0 Å². The van der Waals surface area contributed by atoms with Crippen LogP contribution in [0.25, 0.3) is 0 Å². The Bertz CT molecular complexity index is 451. The van der Waals surface area contributed by atoms with Crippen LogP contribution in [0.5, 0.6) is 0 Å². The van der Waals surface area contributed by atoms with E-state index in [9.17, 15) is 0 Å². The average Bonchev–Trinajstić information content (AvgIpc) is 2.63. The van der Waals surface area contributed by atoms with Crippen molar-refractivity contribution in [1.29, 1.82) is 0 Å². The molecular weight excluding hydrogens is 289 g/mol. The molecule has 1 heterocycles. The van der Waals surface area contributed by atoms with Crippen LogP contribution in [0.4, 0.5) is 5.69 Å². The molecule has 2 rings (SSSR count). The second-order valence-corrected chi connectivity index (χ2v) is 7.54. The third kappa shape index (κ3) is 3.62. The number of hydrogen-bond acceptors (Lipinski definition) is 1. The van der Waals surface area contributed by atoms with Gasteiger partial charge in [0.2, 0.25) is 0 Å². The Balaban J connectivity index is 2.19. The number of hydrogen-bond donors (Lipinski definition) is 0. The zero-order valence-corrected chi connectivity index (χ0v) is 14.3. The van der Waals surface area contributed by atoms with Gasteiger partial charge in [0.25, 0.3) is 0 Å². The van der Waals surface area contributed by atoms with Gasteiger partial charge in [0.15, 0.2) is 0 Å². The van der Waals surface area contributed by atoms with Crippen LogP contribution in [0, 0.1) is 11.3 Å². The Morgan fingerprint density at radius 3 is 2.60 bits per heavy atom. The van der Waals surface area contributed by atoms with Crippen LogP contribution in [0.1, 0.15) is 45.6 Å². The lowest BCUT2D eigenvalue weighted by Gasteiger charge is -2.30. The topological polar surface area (TPSA) is 3.24 Å². The molecule has 3 heteroatoms. The average molecular weight is 314 g/mol. The first-order valence-electron chi connectivity index (χ1n) is 7.52. The number of alkyl halides is 1. The van der Waals surface area contributed by atoms with E-state index in [0.29, 0.717) is 11.3 Å². The molecule has 1 unspecified atom stereocenters. The predicted octanol–water partition coefficient (Wildman–Crippen LogP) is 5.73. The molecule has 0 spiro atoms. The SMILES string of the molecule is CC(C)(C)C1CCCN(c2c(Cl)cccc2CCl)CC1. The zero-order valence-electron chi connectivity index (χ0n) is 12.8. The van der Waals surface area contributed by atoms with Crippen molar-refractivity contribution in [3.05, 3.63) is 28.8 Å². The number of rotatable bonds is 2. The normalized spacial score (nSPS) is 20.9. The first kappa shape index (κ1) is 16.0. The Hall–Kier alpha value is -0.400. The summed E-state index contributed by atoms with van der Waals surface area (Å²) >= 11 is 12.5. The van der Waals surface area contributed by atoms with Gasteiger partial charge in [-0.3, -0.25) is 0 Å².